The van der Waals surface area contributed by atoms with Gasteiger partial charge in [-0.1, -0.05) is 6.07 Å². The fourth-order valence-electron chi connectivity index (χ4n) is 2.02. The van der Waals surface area contributed by atoms with Gasteiger partial charge in [0.05, 0.1) is 5.69 Å². The number of nitrogens with zero attached hydrogens (tertiary/aromatic N) is 1. The van der Waals surface area contributed by atoms with E-state index in [0.29, 0.717) is 0 Å². The summed E-state index contributed by atoms with van der Waals surface area (Å²) in [4.78, 5) is 0. The van der Waals surface area contributed by atoms with Crippen LogP contribution in [0.15, 0.2) is 30.5 Å². The number of nitrogens with one attached hydrogen (secondary N) is 1. The Morgan fingerprint density at radius 2 is 2.19 bits per heavy atom. The normalized spacial score (nSPS) is 15.3. The van der Waals surface area contributed by atoms with Gasteiger partial charge >= 0.3 is 0 Å². The maximum Gasteiger partial charge on any atom is 0.123 e. The van der Waals surface area contributed by atoms with E-state index in [9.17, 15) is 4.39 Å². The van der Waals surface area contributed by atoms with Crippen LogP contribution in [0.4, 0.5) is 4.39 Å². The van der Waals surface area contributed by atoms with Crippen molar-refractivity contribution in [3.63, 3.8) is 0 Å². The molecular weight excluding hydrogens is 203 g/mol. The first-order valence-electron chi connectivity index (χ1n) is 5.61. The molecule has 2 nitrogen and oxygen atoms in total. The third-order valence-electron chi connectivity index (χ3n) is 3.07. The highest BCUT2D eigenvalue weighted by Crippen LogP contribution is 2.35. The Balaban J connectivity index is 2.02. The number of hydrogen-bond acceptors (Lipinski definition) is 1. The molecule has 0 bridgehead atoms. The fourth-order valence-corrected chi connectivity index (χ4v) is 2.02. The number of hydrogen-bond donors (Lipinski definition) is 1. The van der Waals surface area contributed by atoms with Crippen LogP contribution in [0, 0.1) is 11.7 Å². The first-order chi connectivity index (χ1) is 7.83. The van der Waals surface area contributed by atoms with Crippen molar-refractivity contribution in [3.05, 3.63) is 41.8 Å². The highest BCUT2D eigenvalue weighted by atomic mass is 19.1. The quantitative estimate of drug-likeness (QED) is 0.838. The lowest BCUT2D eigenvalue weighted by Gasteiger charge is -2.07. The summed E-state index contributed by atoms with van der Waals surface area (Å²) in [6, 6.07) is 6.90. The molecule has 2 aromatic rings. The Bertz CT molecular complexity index is 487. The van der Waals surface area contributed by atoms with Crippen LogP contribution in [0.5, 0.6) is 0 Å². The molecule has 0 unspecified atom stereocenters. The average molecular weight is 216 g/mol. The molecule has 0 spiro atoms. The zero-order chi connectivity index (χ0) is 11.0. The molecule has 1 aliphatic rings. The molecule has 0 amide bonds. The molecule has 82 valence electrons. The van der Waals surface area contributed by atoms with Gasteiger partial charge in [0.15, 0.2) is 0 Å². The standard InChI is InChI=1S/C13H13FN2/c14-11-4-3-10(7-9-1-2-9)12(8-11)13-5-6-15-16-13/h3-6,8-9H,1-2,7H2,(H,15,16). The fraction of sp³-hybridized carbons (Fsp3) is 0.308. The second-order valence-corrected chi connectivity index (χ2v) is 4.42. The molecule has 0 saturated heterocycles. The summed E-state index contributed by atoms with van der Waals surface area (Å²) in [5.41, 5.74) is 3.06. The molecule has 0 atom stereocenters. The summed E-state index contributed by atoms with van der Waals surface area (Å²) in [5, 5.41) is 6.81. The number of benzene rings is 1. The van der Waals surface area contributed by atoms with Crippen molar-refractivity contribution < 1.29 is 4.39 Å². The molecule has 0 aliphatic heterocycles. The van der Waals surface area contributed by atoms with Crippen molar-refractivity contribution in [2.45, 2.75) is 19.3 Å². The van der Waals surface area contributed by atoms with Gasteiger partial charge in [-0.3, -0.25) is 5.10 Å². The summed E-state index contributed by atoms with van der Waals surface area (Å²) in [5.74, 6) is 0.608. The predicted molar refractivity (Wildman–Crippen MR) is 60.4 cm³/mol. The highest BCUT2D eigenvalue weighted by molar-refractivity contribution is 5.63. The molecule has 16 heavy (non-hydrogen) atoms. The van der Waals surface area contributed by atoms with Crippen LogP contribution in [-0.2, 0) is 6.42 Å². The van der Waals surface area contributed by atoms with Crippen LogP contribution in [0.3, 0.4) is 0 Å². The second kappa shape index (κ2) is 3.74. The number of aromatic amines is 1. The van der Waals surface area contributed by atoms with Crippen molar-refractivity contribution in [2.75, 3.05) is 0 Å². The molecule has 3 heteroatoms. The maximum atomic E-state index is 13.3. The molecule has 1 N–H and O–H groups in total. The van der Waals surface area contributed by atoms with E-state index in [1.807, 2.05) is 12.1 Å². The number of H-pyrrole nitrogens is 1. The Hall–Kier alpha value is -1.64. The third-order valence-corrected chi connectivity index (χ3v) is 3.07. The Labute approximate surface area is 93.5 Å². The molecular formula is C13H13FN2. The van der Waals surface area contributed by atoms with Crippen LogP contribution in [0.2, 0.25) is 0 Å². The van der Waals surface area contributed by atoms with Gasteiger partial charge in [0.2, 0.25) is 0 Å². The van der Waals surface area contributed by atoms with Gasteiger partial charge in [0, 0.05) is 11.8 Å². The topological polar surface area (TPSA) is 28.7 Å². The molecule has 1 aromatic heterocycles. The molecule has 1 aliphatic carbocycles. The van der Waals surface area contributed by atoms with E-state index >= 15 is 0 Å². The highest BCUT2D eigenvalue weighted by Gasteiger charge is 2.23. The predicted octanol–water partition coefficient (Wildman–Crippen LogP) is 3.17. The summed E-state index contributed by atoms with van der Waals surface area (Å²) in [6.07, 6.45) is 5.36. The van der Waals surface area contributed by atoms with E-state index in [4.69, 9.17) is 0 Å². The number of rotatable bonds is 3. The Morgan fingerprint density at radius 1 is 1.31 bits per heavy atom. The van der Waals surface area contributed by atoms with Gasteiger partial charge in [0.25, 0.3) is 0 Å². The smallest absolute Gasteiger partial charge is 0.123 e. The number of aromatic nitrogens is 2. The van der Waals surface area contributed by atoms with Gasteiger partial charge in [-0.25, -0.2) is 4.39 Å². The second-order valence-electron chi connectivity index (χ2n) is 4.42. The van der Waals surface area contributed by atoms with E-state index < -0.39 is 0 Å². The van der Waals surface area contributed by atoms with E-state index in [1.165, 1.54) is 24.5 Å². The van der Waals surface area contributed by atoms with Crippen LogP contribution in [-0.4, -0.2) is 10.2 Å². The summed E-state index contributed by atoms with van der Waals surface area (Å²) in [6.45, 7) is 0. The van der Waals surface area contributed by atoms with Crippen LogP contribution in [0.1, 0.15) is 18.4 Å². The largest absolute Gasteiger partial charge is 0.278 e. The zero-order valence-electron chi connectivity index (χ0n) is 8.91. The Kier molecular flexibility index (Phi) is 2.24. The Morgan fingerprint density at radius 3 is 2.88 bits per heavy atom. The van der Waals surface area contributed by atoms with Crippen molar-refractivity contribution >= 4 is 0 Å². The van der Waals surface area contributed by atoms with E-state index in [2.05, 4.69) is 10.2 Å². The van der Waals surface area contributed by atoms with E-state index in [1.54, 1.807) is 12.3 Å². The summed E-state index contributed by atoms with van der Waals surface area (Å²) >= 11 is 0. The molecule has 3 rings (SSSR count). The first kappa shape index (κ1) is 9.58. The van der Waals surface area contributed by atoms with Crippen LogP contribution >= 0.6 is 0 Å². The molecule has 1 saturated carbocycles. The van der Waals surface area contributed by atoms with E-state index in [0.717, 1.165) is 23.6 Å². The number of halogens is 1. The third kappa shape index (κ3) is 1.85. The lowest BCUT2D eigenvalue weighted by molar-refractivity contribution is 0.627. The van der Waals surface area contributed by atoms with Crippen LogP contribution in [0.25, 0.3) is 11.3 Å². The van der Waals surface area contributed by atoms with Crippen LogP contribution < -0.4 is 0 Å². The molecule has 1 aromatic carbocycles. The first-order valence-corrected chi connectivity index (χ1v) is 5.61. The SMILES string of the molecule is Fc1ccc(CC2CC2)c(-c2ccn[nH]2)c1. The van der Waals surface area contributed by atoms with Gasteiger partial charge in [-0.15, -0.1) is 0 Å². The molecule has 0 radical (unpaired) electrons. The average Bonchev–Trinajstić information content (AvgIpc) is 2.93. The van der Waals surface area contributed by atoms with Crippen molar-refractivity contribution in [1.82, 2.24) is 10.2 Å². The van der Waals surface area contributed by atoms with Crippen molar-refractivity contribution in [1.29, 1.82) is 0 Å². The van der Waals surface area contributed by atoms with Crippen molar-refractivity contribution in [3.8, 4) is 11.3 Å². The molecule has 1 heterocycles. The summed E-state index contributed by atoms with van der Waals surface area (Å²) in [7, 11) is 0. The minimum absolute atomic E-state index is 0.191. The van der Waals surface area contributed by atoms with Gasteiger partial charge in [0.1, 0.15) is 5.82 Å². The minimum Gasteiger partial charge on any atom is -0.278 e. The van der Waals surface area contributed by atoms with Gasteiger partial charge in [-0.05, 0) is 48.9 Å². The lowest BCUT2D eigenvalue weighted by Crippen LogP contribution is -1.93. The van der Waals surface area contributed by atoms with Gasteiger partial charge in [-0.2, -0.15) is 5.10 Å². The summed E-state index contributed by atoms with van der Waals surface area (Å²) < 4.78 is 13.3. The van der Waals surface area contributed by atoms with Gasteiger partial charge < -0.3 is 0 Å². The maximum absolute atomic E-state index is 13.3. The van der Waals surface area contributed by atoms with E-state index in [-0.39, 0.29) is 5.82 Å². The molecule has 1 fully saturated rings. The zero-order valence-corrected chi connectivity index (χ0v) is 8.91. The minimum atomic E-state index is -0.191. The lowest BCUT2D eigenvalue weighted by atomic mass is 10.00. The monoisotopic (exact) mass is 216 g/mol. The van der Waals surface area contributed by atoms with Crippen molar-refractivity contribution in [2.24, 2.45) is 5.92 Å².